The lowest BCUT2D eigenvalue weighted by atomic mass is 10.2. The van der Waals surface area contributed by atoms with Crippen LogP contribution in [0.5, 0.6) is 0 Å². The zero-order chi connectivity index (χ0) is 9.78. The summed E-state index contributed by atoms with van der Waals surface area (Å²) >= 11 is 2.04. The number of rotatable bonds is 10. The molecule has 0 bridgehead atoms. The van der Waals surface area contributed by atoms with Gasteiger partial charge in [-0.05, 0) is 30.8 Å². The molecule has 0 aromatic heterocycles. The van der Waals surface area contributed by atoms with Gasteiger partial charge in [0.2, 0.25) is 0 Å². The lowest BCUT2D eigenvalue weighted by molar-refractivity contribution is 0.287. The van der Waals surface area contributed by atoms with Crippen LogP contribution in [0, 0.1) is 0 Å². The lowest BCUT2D eigenvalue weighted by Gasteiger charge is -2.00. The van der Waals surface area contributed by atoms with Crippen molar-refractivity contribution in [2.24, 2.45) is 0 Å². The second-order valence-corrected chi connectivity index (χ2v) is 4.68. The molecular weight excluding hydrogens is 180 g/mol. The molecule has 0 aliphatic carbocycles. The Kier molecular flexibility index (Phi) is 12.6. The minimum absolute atomic E-state index is 0.358. The van der Waals surface area contributed by atoms with Crippen molar-refractivity contribution >= 4 is 11.8 Å². The molecule has 80 valence electrons. The maximum Gasteiger partial charge on any atom is 0.0431 e. The first-order chi connectivity index (χ1) is 6.41. The lowest BCUT2D eigenvalue weighted by Crippen LogP contribution is -1.87. The Bertz CT molecular complexity index is 76.2. The molecule has 0 aromatic carbocycles. The van der Waals surface area contributed by atoms with Gasteiger partial charge in [-0.2, -0.15) is 11.8 Å². The third kappa shape index (κ3) is 12.3. The van der Waals surface area contributed by atoms with Gasteiger partial charge in [0.05, 0.1) is 0 Å². The fraction of sp³-hybridized carbons (Fsp3) is 1.00. The first kappa shape index (κ1) is 13.3. The summed E-state index contributed by atoms with van der Waals surface area (Å²) in [5.74, 6) is 2.55. The van der Waals surface area contributed by atoms with Crippen LogP contribution >= 0.6 is 11.8 Å². The molecule has 0 heterocycles. The summed E-state index contributed by atoms with van der Waals surface area (Å²) in [7, 11) is 0. The summed E-state index contributed by atoms with van der Waals surface area (Å²) in [4.78, 5) is 0. The molecule has 1 nitrogen and oxygen atoms in total. The molecule has 2 heteroatoms. The highest BCUT2D eigenvalue weighted by Crippen LogP contribution is 2.10. The van der Waals surface area contributed by atoms with Crippen LogP contribution in [0.1, 0.15) is 51.9 Å². The number of hydrogen-bond acceptors (Lipinski definition) is 2. The highest BCUT2D eigenvalue weighted by Gasteiger charge is 1.91. The summed E-state index contributed by atoms with van der Waals surface area (Å²) in [6, 6.07) is 0. The Hall–Kier alpha value is 0.310. The van der Waals surface area contributed by atoms with Crippen LogP contribution in [0.3, 0.4) is 0 Å². The minimum Gasteiger partial charge on any atom is -0.396 e. The van der Waals surface area contributed by atoms with Crippen LogP contribution in [-0.2, 0) is 0 Å². The van der Waals surface area contributed by atoms with Crippen molar-refractivity contribution in [2.75, 3.05) is 18.1 Å². The highest BCUT2D eigenvalue weighted by atomic mass is 32.2. The van der Waals surface area contributed by atoms with Crippen LogP contribution in [0.15, 0.2) is 0 Å². The molecule has 0 atom stereocenters. The Morgan fingerprint density at radius 1 is 0.846 bits per heavy atom. The van der Waals surface area contributed by atoms with E-state index in [9.17, 15) is 0 Å². The van der Waals surface area contributed by atoms with E-state index in [1.807, 2.05) is 11.8 Å². The standard InChI is InChI=1S/C11H24OS/c1-2-3-4-5-7-10-13-11-8-6-9-12/h12H,2-11H2,1H3. The van der Waals surface area contributed by atoms with Gasteiger partial charge in [0.1, 0.15) is 0 Å². The van der Waals surface area contributed by atoms with Gasteiger partial charge in [-0.25, -0.2) is 0 Å². The molecule has 0 saturated carbocycles. The first-order valence-corrected chi connectivity index (χ1v) is 6.76. The number of thioether (sulfide) groups is 1. The molecule has 0 aliphatic heterocycles. The van der Waals surface area contributed by atoms with Crippen LogP contribution in [0.25, 0.3) is 0 Å². The van der Waals surface area contributed by atoms with Gasteiger partial charge < -0.3 is 5.11 Å². The van der Waals surface area contributed by atoms with Gasteiger partial charge in [0.15, 0.2) is 0 Å². The quantitative estimate of drug-likeness (QED) is 0.550. The van der Waals surface area contributed by atoms with Crippen molar-refractivity contribution in [1.29, 1.82) is 0 Å². The van der Waals surface area contributed by atoms with Gasteiger partial charge in [-0.3, -0.25) is 0 Å². The van der Waals surface area contributed by atoms with E-state index < -0.39 is 0 Å². The smallest absolute Gasteiger partial charge is 0.0431 e. The highest BCUT2D eigenvalue weighted by molar-refractivity contribution is 7.99. The van der Waals surface area contributed by atoms with Crippen LogP contribution in [0.4, 0.5) is 0 Å². The number of aliphatic hydroxyl groups is 1. The summed E-state index contributed by atoms with van der Waals surface area (Å²) in [6.45, 7) is 2.61. The molecule has 1 N–H and O–H groups in total. The van der Waals surface area contributed by atoms with Gasteiger partial charge in [0.25, 0.3) is 0 Å². The van der Waals surface area contributed by atoms with E-state index in [1.54, 1.807) is 0 Å². The Morgan fingerprint density at radius 3 is 2.08 bits per heavy atom. The second kappa shape index (κ2) is 12.3. The molecule has 0 aromatic rings. The van der Waals surface area contributed by atoms with Crippen molar-refractivity contribution < 1.29 is 5.11 Å². The van der Waals surface area contributed by atoms with Crippen molar-refractivity contribution in [3.05, 3.63) is 0 Å². The van der Waals surface area contributed by atoms with Crippen LogP contribution in [-0.4, -0.2) is 23.2 Å². The summed E-state index contributed by atoms with van der Waals surface area (Å²) in [6.07, 6.45) is 9.08. The largest absolute Gasteiger partial charge is 0.396 e. The molecule has 0 spiro atoms. The van der Waals surface area contributed by atoms with Crippen molar-refractivity contribution in [3.8, 4) is 0 Å². The van der Waals surface area contributed by atoms with Gasteiger partial charge in [0, 0.05) is 6.61 Å². The maximum absolute atomic E-state index is 8.56. The summed E-state index contributed by atoms with van der Waals surface area (Å²) < 4.78 is 0. The number of unbranched alkanes of at least 4 members (excludes halogenated alkanes) is 5. The maximum atomic E-state index is 8.56. The topological polar surface area (TPSA) is 20.2 Å². The fourth-order valence-electron chi connectivity index (χ4n) is 1.23. The molecule has 0 fully saturated rings. The van der Waals surface area contributed by atoms with E-state index in [-0.39, 0.29) is 0 Å². The summed E-state index contributed by atoms with van der Waals surface area (Å²) in [5, 5.41) is 8.56. The molecule has 0 rings (SSSR count). The average Bonchev–Trinajstić information content (AvgIpc) is 2.16. The molecule has 0 unspecified atom stereocenters. The van der Waals surface area contributed by atoms with E-state index in [4.69, 9.17) is 5.11 Å². The van der Waals surface area contributed by atoms with Gasteiger partial charge >= 0.3 is 0 Å². The van der Waals surface area contributed by atoms with Crippen LogP contribution < -0.4 is 0 Å². The third-order valence-electron chi connectivity index (χ3n) is 2.09. The normalized spacial score (nSPS) is 10.6. The summed E-state index contributed by atoms with van der Waals surface area (Å²) in [5.41, 5.74) is 0. The van der Waals surface area contributed by atoms with Crippen molar-refractivity contribution in [3.63, 3.8) is 0 Å². The minimum atomic E-state index is 0.358. The Labute approximate surface area is 87.3 Å². The molecular formula is C11H24OS. The van der Waals surface area contributed by atoms with E-state index in [1.165, 1.54) is 50.0 Å². The van der Waals surface area contributed by atoms with E-state index in [0.717, 1.165) is 6.42 Å². The Morgan fingerprint density at radius 2 is 1.46 bits per heavy atom. The predicted molar refractivity (Wildman–Crippen MR) is 62.4 cm³/mol. The number of hydrogen-bond donors (Lipinski definition) is 1. The second-order valence-electron chi connectivity index (χ2n) is 3.46. The van der Waals surface area contributed by atoms with Gasteiger partial charge in [-0.15, -0.1) is 0 Å². The molecule has 13 heavy (non-hydrogen) atoms. The monoisotopic (exact) mass is 204 g/mol. The first-order valence-electron chi connectivity index (χ1n) is 5.60. The Balaban J connectivity index is 2.76. The van der Waals surface area contributed by atoms with E-state index in [0.29, 0.717) is 6.61 Å². The van der Waals surface area contributed by atoms with Gasteiger partial charge in [-0.1, -0.05) is 32.6 Å². The van der Waals surface area contributed by atoms with Crippen molar-refractivity contribution in [1.82, 2.24) is 0 Å². The molecule has 0 saturated heterocycles. The third-order valence-corrected chi connectivity index (χ3v) is 3.24. The molecule has 0 radical (unpaired) electrons. The average molecular weight is 204 g/mol. The van der Waals surface area contributed by atoms with Crippen molar-refractivity contribution in [2.45, 2.75) is 51.9 Å². The zero-order valence-corrected chi connectivity index (χ0v) is 9.74. The molecule has 0 aliphatic rings. The number of aliphatic hydroxyl groups excluding tert-OH is 1. The van der Waals surface area contributed by atoms with E-state index in [2.05, 4.69) is 6.92 Å². The SMILES string of the molecule is CCCCCCCSCCCCO. The zero-order valence-electron chi connectivity index (χ0n) is 8.93. The molecule has 0 amide bonds. The predicted octanol–water partition coefficient (Wildman–Crippen LogP) is 3.46. The fourth-order valence-corrected chi connectivity index (χ4v) is 2.25. The van der Waals surface area contributed by atoms with Crippen LogP contribution in [0.2, 0.25) is 0 Å². The van der Waals surface area contributed by atoms with E-state index >= 15 is 0 Å².